The van der Waals surface area contributed by atoms with Crippen LogP contribution < -0.4 is 10.1 Å². The molecule has 0 saturated heterocycles. The Labute approximate surface area is 147 Å². The van der Waals surface area contributed by atoms with Crippen LogP contribution in [0.5, 0.6) is 5.75 Å². The van der Waals surface area contributed by atoms with E-state index in [4.69, 9.17) is 9.47 Å². The summed E-state index contributed by atoms with van der Waals surface area (Å²) in [4.78, 5) is 16.0. The third-order valence-electron chi connectivity index (χ3n) is 3.58. The topological polar surface area (TPSA) is 80.7 Å². The summed E-state index contributed by atoms with van der Waals surface area (Å²) in [6.45, 7) is 4.55. The van der Waals surface area contributed by atoms with Crippen LogP contribution in [-0.4, -0.2) is 41.9 Å². The zero-order valence-corrected chi connectivity index (χ0v) is 14.5. The quantitative estimate of drug-likeness (QED) is 0.680. The monoisotopic (exact) mass is 344 g/mol. The smallest absolute Gasteiger partial charge is 0.338 e. The average Bonchev–Trinajstić information content (AvgIpc) is 2.65. The molecule has 2 aromatic rings. The number of esters is 1. The molecule has 0 spiro atoms. The first-order chi connectivity index (χ1) is 12.1. The maximum atomic E-state index is 11.7. The molecule has 0 saturated carbocycles. The number of pyridine rings is 1. The second-order valence-electron chi connectivity index (χ2n) is 5.60. The second-order valence-corrected chi connectivity index (χ2v) is 5.60. The van der Waals surface area contributed by atoms with Crippen molar-refractivity contribution in [3.63, 3.8) is 0 Å². The summed E-state index contributed by atoms with van der Waals surface area (Å²) in [5, 5.41) is 13.3. The van der Waals surface area contributed by atoms with Crippen LogP contribution in [0.4, 0.5) is 0 Å². The standard InChI is InChI=1S/C19H24N2O4/c1-3-24-19(23)15-7-6-8-17(11-15)25-13-16(22)12-21-14(2)18-9-4-5-10-20-18/h4-11,14,16,21-22H,3,12-13H2,1-2H3/t14-,16-/m0/s1. The van der Waals surface area contributed by atoms with Gasteiger partial charge in [0.1, 0.15) is 18.5 Å². The fraction of sp³-hybridized carbons (Fsp3) is 0.368. The summed E-state index contributed by atoms with van der Waals surface area (Å²) >= 11 is 0. The number of aliphatic hydroxyl groups is 1. The molecule has 1 aromatic heterocycles. The van der Waals surface area contributed by atoms with E-state index < -0.39 is 6.10 Å². The molecule has 6 nitrogen and oxygen atoms in total. The first kappa shape index (κ1) is 18.9. The highest BCUT2D eigenvalue weighted by atomic mass is 16.5. The summed E-state index contributed by atoms with van der Waals surface area (Å²) in [6.07, 6.45) is 1.06. The maximum Gasteiger partial charge on any atom is 0.338 e. The molecule has 2 rings (SSSR count). The Morgan fingerprint density at radius 3 is 2.84 bits per heavy atom. The number of hydrogen-bond acceptors (Lipinski definition) is 6. The zero-order chi connectivity index (χ0) is 18.1. The minimum atomic E-state index is -0.683. The van der Waals surface area contributed by atoms with E-state index in [0.29, 0.717) is 24.5 Å². The van der Waals surface area contributed by atoms with E-state index in [9.17, 15) is 9.90 Å². The number of hydrogen-bond donors (Lipinski definition) is 2. The van der Waals surface area contributed by atoms with Gasteiger partial charge in [-0.15, -0.1) is 0 Å². The first-order valence-corrected chi connectivity index (χ1v) is 8.32. The second kappa shape index (κ2) is 9.76. The van der Waals surface area contributed by atoms with E-state index in [1.165, 1.54) is 0 Å². The molecule has 1 aromatic carbocycles. The van der Waals surface area contributed by atoms with Gasteiger partial charge in [-0.25, -0.2) is 4.79 Å². The molecule has 0 aliphatic carbocycles. The Morgan fingerprint density at radius 1 is 1.28 bits per heavy atom. The summed E-state index contributed by atoms with van der Waals surface area (Å²) in [5.74, 6) is 0.127. The molecule has 0 aliphatic heterocycles. The molecule has 134 valence electrons. The Bertz CT molecular complexity index is 663. The molecule has 0 amide bonds. The molecule has 2 atom stereocenters. The van der Waals surface area contributed by atoms with Gasteiger partial charge in [0.15, 0.2) is 0 Å². The van der Waals surface area contributed by atoms with Crippen molar-refractivity contribution in [2.75, 3.05) is 19.8 Å². The van der Waals surface area contributed by atoms with Crippen molar-refractivity contribution < 1.29 is 19.4 Å². The van der Waals surface area contributed by atoms with Crippen LogP contribution in [0.3, 0.4) is 0 Å². The highest BCUT2D eigenvalue weighted by molar-refractivity contribution is 5.89. The molecular formula is C19H24N2O4. The summed E-state index contributed by atoms with van der Waals surface area (Å²) in [5.41, 5.74) is 1.34. The van der Waals surface area contributed by atoms with E-state index in [1.807, 2.05) is 25.1 Å². The minimum Gasteiger partial charge on any atom is -0.491 e. The lowest BCUT2D eigenvalue weighted by Gasteiger charge is -2.17. The summed E-state index contributed by atoms with van der Waals surface area (Å²) in [6, 6.07) is 12.5. The van der Waals surface area contributed by atoms with Crippen LogP contribution >= 0.6 is 0 Å². The lowest BCUT2D eigenvalue weighted by Crippen LogP contribution is -2.33. The van der Waals surface area contributed by atoms with Crippen LogP contribution in [0.25, 0.3) is 0 Å². The van der Waals surface area contributed by atoms with E-state index in [0.717, 1.165) is 5.69 Å². The van der Waals surface area contributed by atoms with Crippen LogP contribution in [-0.2, 0) is 4.74 Å². The lowest BCUT2D eigenvalue weighted by molar-refractivity contribution is 0.0525. The van der Waals surface area contributed by atoms with E-state index in [-0.39, 0.29) is 18.6 Å². The van der Waals surface area contributed by atoms with E-state index in [1.54, 1.807) is 37.4 Å². The van der Waals surface area contributed by atoms with Gasteiger partial charge in [-0.2, -0.15) is 0 Å². The van der Waals surface area contributed by atoms with Crippen molar-refractivity contribution in [2.24, 2.45) is 0 Å². The predicted octanol–water partition coefficient (Wildman–Crippen LogP) is 2.35. The van der Waals surface area contributed by atoms with Crippen molar-refractivity contribution >= 4 is 5.97 Å². The molecular weight excluding hydrogens is 320 g/mol. The van der Waals surface area contributed by atoms with Gasteiger partial charge in [-0.1, -0.05) is 12.1 Å². The maximum absolute atomic E-state index is 11.7. The number of rotatable bonds is 9. The van der Waals surface area contributed by atoms with Gasteiger partial charge < -0.3 is 19.9 Å². The van der Waals surface area contributed by atoms with Gasteiger partial charge in [0, 0.05) is 18.8 Å². The van der Waals surface area contributed by atoms with Crippen LogP contribution in [0.2, 0.25) is 0 Å². The highest BCUT2D eigenvalue weighted by Crippen LogP contribution is 2.15. The number of aromatic nitrogens is 1. The first-order valence-electron chi connectivity index (χ1n) is 8.32. The number of nitrogens with zero attached hydrogens (tertiary/aromatic N) is 1. The number of benzene rings is 1. The number of nitrogens with one attached hydrogen (secondary N) is 1. The molecule has 0 fully saturated rings. The van der Waals surface area contributed by atoms with Crippen molar-refractivity contribution in [3.8, 4) is 5.75 Å². The van der Waals surface area contributed by atoms with Gasteiger partial charge in [0.2, 0.25) is 0 Å². The van der Waals surface area contributed by atoms with E-state index in [2.05, 4.69) is 10.3 Å². The minimum absolute atomic E-state index is 0.0305. The fourth-order valence-electron chi connectivity index (χ4n) is 2.23. The Kier molecular flexibility index (Phi) is 7.37. The largest absolute Gasteiger partial charge is 0.491 e. The SMILES string of the molecule is CCOC(=O)c1cccc(OC[C@@H](O)CN[C@@H](C)c2ccccn2)c1. The predicted molar refractivity (Wildman–Crippen MR) is 94.6 cm³/mol. The third-order valence-corrected chi connectivity index (χ3v) is 3.58. The van der Waals surface area contributed by atoms with Crippen molar-refractivity contribution in [3.05, 3.63) is 59.9 Å². The molecule has 0 aliphatic rings. The Morgan fingerprint density at radius 2 is 2.12 bits per heavy atom. The summed E-state index contributed by atoms with van der Waals surface area (Å²) in [7, 11) is 0. The van der Waals surface area contributed by atoms with Crippen molar-refractivity contribution in [1.82, 2.24) is 10.3 Å². The van der Waals surface area contributed by atoms with E-state index >= 15 is 0 Å². The third kappa shape index (κ3) is 6.17. The Balaban J connectivity index is 1.79. The molecule has 0 radical (unpaired) electrons. The number of aliphatic hydroxyl groups excluding tert-OH is 1. The Hall–Kier alpha value is -2.44. The van der Waals surface area contributed by atoms with Gasteiger partial charge in [-0.05, 0) is 44.2 Å². The molecule has 6 heteroatoms. The molecule has 0 unspecified atom stereocenters. The van der Waals surface area contributed by atoms with Crippen LogP contribution in [0.1, 0.15) is 35.9 Å². The number of carbonyl (C=O) groups is 1. The number of ether oxygens (including phenoxy) is 2. The molecule has 0 bridgehead atoms. The molecule has 25 heavy (non-hydrogen) atoms. The van der Waals surface area contributed by atoms with Crippen molar-refractivity contribution in [2.45, 2.75) is 26.0 Å². The van der Waals surface area contributed by atoms with Gasteiger partial charge in [-0.3, -0.25) is 4.98 Å². The zero-order valence-electron chi connectivity index (χ0n) is 14.5. The lowest BCUT2D eigenvalue weighted by atomic mass is 10.2. The number of carbonyl (C=O) groups excluding carboxylic acids is 1. The summed E-state index contributed by atoms with van der Waals surface area (Å²) < 4.78 is 10.5. The van der Waals surface area contributed by atoms with Gasteiger partial charge in [0.05, 0.1) is 17.9 Å². The normalized spacial score (nSPS) is 13.1. The van der Waals surface area contributed by atoms with Crippen LogP contribution in [0, 0.1) is 0 Å². The highest BCUT2D eigenvalue weighted by Gasteiger charge is 2.11. The van der Waals surface area contributed by atoms with Crippen molar-refractivity contribution in [1.29, 1.82) is 0 Å². The van der Waals surface area contributed by atoms with Gasteiger partial charge in [0.25, 0.3) is 0 Å². The van der Waals surface area contributed by atoms with Crippen LogP contribution in [0.15, 0.2) is 48.7 Å². The van der Waals surface area contributed by atoms with Gasteiger partial charge >= 0.3 is 5.97 Å². The fourth-order valence-corrected chi connectivity index (χ4v) is 2.23. The average molecular weight is 344 g/mol. The molecule has 1 heterocycles. The molecule has 2 N–H and O–H groups in total.